The van der Waals surface area contributed by atoms with Crippen LogP contribution in [0, 0.1) is 5.92 Å². The minimum atomic E-state index is -0.916. The number of carboxylic acid groups (broad SMARTS) is 1. The molecule has 1 N–H and O–H groups in total. The Morgan fingerprint density at radius 1 is 1.20 bits per heavy atom. The van der Waals surface area contributed by atoms with Crippen LogP contribution in [0.25, 0.3) is 0 Å². The zero-order chi connectivity index (χ0) is 17.4. The van der Waals surface area contributed by atoms with Crippen molar-refractivity contribution < 1.29 is 9.90 Å². The van der Waals surface area contributed by atoms with Crippen LogP contribution in [0.1, 0.15) is 37.8 Å². The number of tetrazole rings is 1. The van der Waals surface area contributed by atoms with Crippen LogP contribution < -0.4 is 4.90 Å². The zero-order valence-corrected chi connectivity index (χ0v) is 14.0. The Balaban J connectivity index is 1.85. The number of carboxylic acids is 1. The summed E-state index contributed by atoms with van der Waals surface area (Å²) >= 11 is 0. The number of hydrogen-bond donors (Lipinski definition) is 1. The largest absolute Gasteiger partial charge is 0.481 e. The van der Waals surface area contributed by atoms with Crippen LogP contribution in [-0.4, -0.2) is 50.1 Å². The number of aliphatic imine (C=N–C) groups is 1. The molecule has 2 unspecified atom stereocenters. The fraction of sp³-hybridized carbons (Fsp3) is 0.471. The second-order valence-electron chi connectivity index (χ2n) is 6.54. The maximum absolute atomic E-state index is 12.0. The van der Waals surface area contributed by atoms with E-state index >= 15 is 0 Å². The van der Waals surface area contributed by atoms with Gasteiger partial charge >= 0.3 is 5.97 Å². The highest BCUT2D eigenvalue weighted by Gasteiger charge is 2.40. The summed E-state index contributed by atoms with van der Waals surface area (Å²) in [4.78, 5) is 18.6. The summed E-state index contributed by atoms with van der Waals surface area (Å²) in [7, 11) is 0. The minimum absolute atomic E-state index is 0.355. The van der Waals surface area contributed by atoms with Crippen LogP contribution in [0.5, 0.6) is 0 Å². The van der Waals surface area contributed by atoms with Crippen molar-refractivity contribution >= 4 is 23.3 Å². The molecule has 25 heavy (non-hydrogen) atoms. The molecule has 4 rings (SSSR count). The summed E-state index contributed by atoms with van der Waals surface area (Å²) in [6, 6.07) is 7.47. The zero-order valence-electron chi connectivity index (χ0n) is 14.0. The molecule has 2 aliphatic heterocycles. The van der Waals surface area contributed by atoms with E-state index in [4.69, 9.17) is 0 Å². The van der Waals surface area contributed by atoms with E-state index in [0.717, 1.165) is 37.2 Å². The Hall–Kier alpha value is -2.77. The molecule has 130 valence electrons. The third-order valence-electron chi connectivity index (χ3n) is 5.00. The molecular formula is C17H20N6O2. The van der Waals surface area contributed by atoms with Gasteiger partial charge in [-0.3, -0.25) is 4.79 Å². The Bertz CT molecular complexity index is 824. The van der Waals surface area contributed by atoms with E-state index in [0.29, 0.717) is 11.7 Å². The van der Waals surface area contributed by atoms with Crippen molar-refractivity contribution in [1.29, 1.82) is 0 Å². The second kappa shape index (κ2) is 6.27. The van der Waals surface area contributed by atoms with E-state index in [1.807, 2.05) is 18.2 Å². The van der Waals surface area contributed by atoms with Crippen molar-refractivity contribution in [3.8, 4) is 0 Å². The first-order chi connectivity index (χ1) is 12.2. The molecule has 2 aliphatic rings. The van der Waals surface area contributed by atoms with E-state index in [-0.39, 0.29) is 0 Å². The van der Waals surface area contributed by atoms with Crippen LogP contribution in [0.4, 0.5) is 11.6 Å². The fourth-order valence-electron chi connectivity index (χ4n) is 3.82. The van der Waals surface area contributed by atoms with E-state index in [1.54, 1.807) is 6.92 Å². The smallest absolute Gasteiger partial charge is 0.314 e. The van der Waals surface area contributed by atoms with Crippen molar-refractivity contribution in [2.24, 2.45) is 10.9 Å². The lowest BCUT2D eigenvalue weighted by Crippen LogP contribution is -2.37. The van der Waals surface area contributed by atoms with E-state index in [9.17, 15) is 9.90 Å². The summed E-state index contributed by atoms with van der Waals surface area (Å²) in [6.07, 6.45) is 3.54. The highest BCUT2D eigenvalue weighted by molar-refractivity contribution is 6.03. The van der Waals surface area contributed by atoms with Gasteiger partial charge < -0.3 is 10.0 Å². The number of benzene rings is 1. The maximum Gasteiger partial charge on any atom is 0.314 e. The first-order valence-corrected chi connectivity index (χ1v) is 8.56. The van der Waals surface area contributed by atoms with Gasteiger partial charge in [0, 0.05) is 30.1 Å². The van der Waals surface area contributed by atoms with Gasteiger partial charge in [0.1, 0.15) is 12.0 Å². The normalized spacial score (nSPS) is 23.1. The number of para-hydroxylation sites is 1. The summed E-state index contributed by atoms with van der Waals surface area (Å²) in [5.74, 6) is -1.35. The molecule has 8 nitrogen and oxygen atoms in total. The quantitative estimate of drug-likeness (QED) is 0.918. The highest BCUT2D eigenvalue weighted by Crippen LogP contribution is 2.39. The van der Waals surface area contributed by atoms with Crippen molar-refractivity contribution in [2.75, 3.05) is 18.0 Å². The number of fused-ring (bicyclic) bond motifs is 1. The van der Waals surface area contributed by atoms with Gasteiger partial charge in [-0.1, -0.05) is 23.3 Å². The topological polar surface area (TPSA) is 96.5 Å². The van der Waals surface area contributed by atoms with Crippen molar-refractivity contribution in [3.63, 3.8) is 0 Å². The van der Waals surface area contributed by atoms with Crippen LogP contribution >= 0.6 is 0 Å². The molecule has 2 atom stereocenters. The van der Waals surface area contributed by atoms with Gasteiger partial charge in [0.25, 0.3) is 5.95 Å². The molecule has 0 radical (unpaired) electrons. The number of aromatic nitrogens is 4. The van der Waals surface area contributed by atoms with E-state index in [1.165, 1.54) is 11.1 Å². The average Bonchev–Trinajstić information content (AvgIpc) is 3.09. The molecule has 1 aromatic carbocycles. The molecule has 0 saturated carbocycles. The predicted molar refractivity (Wildman–Crippen MR) is 92.4 cm³/mol. The van der Waals surface area contributed by atoms with E-state index < -0.39 is 17.9 Å². The van der Waals surface area contributed by atoms with Gasteiger partial charge in [-0.15, -0.1) is 0 Å². The molecule has 1 aromatic heterocycles. The third kappa shape index (κ3) is 2.67. The van der Waals surface area contributed by atoms with Crippen LogP contribution in [0.3, 0.4) is 0 Å². The average molecular weight is 340 g/mol. The Labute approximate surface area is 145 Å². The number of carbonyl (C=O) groups is 1. The third-order valence-corrected chi connectivity index (χ3v) is 5.00. The van der Waals surface area contributed by atoms with Gasteiger partial charge in [0.2, 0.25) is 0 Å². The summed E-state index contributed by atoms with van der Waals surface area (Å²) in [5, 5.41) is 21.5. The molecule has 1 saturated heterocycles. The van der Waals surface area contributed by atoms with Gasteiger partial charge in [-0.05, 0) is 42.7 Å². The van der Waals surface area contributed by atoms with Crippen LogP contribution in [0.15, 0.2) is 29.3 Å². The molecule has 8 heteroatoms. The lowest BCUT2D eigenvalue weighted by molar-refractivity contribution is -0.140. The monoisotopic (exact) mass is 340 g/mol. The summed E-state index contributed by atoms with van der Waals surface area (Å²) in [6.45, 7) is 3.70. The van der Waals surface area contributed by atoms with Crippen molar-refractivity contribution in [3.05, 3.63) is 29.8 Å². The number of hydrogen-bond acceptors (Lipinski definition) is 6. The Kier molecular flexibility index (Phi) is 3.95. The van der Waals surface area contributed by atoms with Gasteiger partial charge in [-0.25, -0.2) is 9.67 Å². The SMILES string of the molecule is CC1=Nc2nnnn2C(c2ccccc2N2CCCCC2)C1C(=O)O. The van der Waals surface area contributed by atoms with Crippen molar-refractivity contribution in [1.82, 2.24) is 20.2 Å². The van der Waals surface area contributed by atoms with Gasteiger partial charge in [-0.2, -0.15) is 0 Å². The standard InChI is InChI=1S/C17H20N6O2/c1-11-14(16(24)25)15(23-17(18-11)19-20-21-23)12-7-3-4-8-13(12)22-9-5-2-6-10-22/h3-4,7-8,14-15H,2,5-6,9-10H2,1H3,(H,24,25). The van der Waals surface area contributed by atoms with E-state index in [2.05, 4.69) is 31.5 Å². The van der Waals surface area contributed by atoms with Crippen molar-refractivity contribution in [2.45, 2.75) is 32.2 Å². The Morgan fingerprint density at radius 3 is 2.72 bits per heavy atom. The number of rotatable bonds is 3. The lowest BCUT2D eigenvalue weighted by Gasteiger charge is -2.34. The molecule has 0 spiro atoms. The number of piperidine rings is 1. The first kappa shape index (κ1) is 15.7. The fourth-order valence-corrected chi connectivity index (χ4v) is 3.82. The van der Waals surface area contributed by atoms with Gasteiger partial charge in [0.05, 0.1) is 0 Å². The molecule has 0 amide bonds. The Morgan fingerprint density at radius 2 is 1.96 bits per heavy atom. The second-order valence-corrected chi connectivity index (χ2v) is 6.54. The number of aliphatic carboxylic acids is 1. The molecule has 1 fully saturated rings. The predicted octanol–water partition coefficient (Wildman–Crippen LogP) is 2.06. The van der Waals surface area contributed by atoms with Gasteiger partial charge in [0.15, 0.2) is 0 Å². The van der Waals surface area contributed by atoms with Crippen LogP contribution in [-0.2, 0) is 4.79 Å². The number of anilines is 1. The van der Waals surface area contributed by atoms with Crippen LogP contribution in [0.2, 0.25) is 0 Å². The lowest BCUT2D eigenvalue weighted by atomic mass is 9.87. The summed E-state index contributed by atoms with van der Waals surface area (Å²) < 4.78 is 1.54. The maximum atomic E-state index is 12.0. The minimum Gasteiger partial charge on any atom is -0.481 e. The molecule has 2 aromatic rings. The summed E-state index contributed by atoms with van der Waals surface area (Å²) in [5.41, 5.74) is 2.52. The first-order valence-electron chi connectivity index (χ1n) is 8.56. The molecule has 0 aliphatic carbocycles. The number of nitrogens with zero attached hydrogens (tertiary/aromatic N) is 6. The molecule has 3 heterocycles. The molecule has 0 bridgehead atoms. The molecular weight excluding hydrogens is 320 g/mol. The highest BCUT2D eigenvalue weighted by atomic mass is 16.4.